The molecule has 0 heterocycles. The Hall–Kier alpha value is -0.930. The first-order valence-electron chi connectivity index (χ1n) is 4.59. The zero-order valence-electron chi connectivity index (χ0n) is 8.14. The Morgan fingerprint density at radius 2 is 2.07 bits per heavy atom. The minimum atomic E-state index is -0.426. The van der Waals surface area contributed by atoms with Gasteiger partial charge in [0.25, 0.3) is 0 Å². The lowest BCUT2D eigenvalue weighted by Gasteiger charge is -2.03. The number of hydrogen-bond donors (Lipinski definition) is 1. The van der Waals surface area contributed by atoms with E-state index in [1.54, 1.807) is 6.08 Å². The summed E-state index contributed by atoms with van der Waals surface area (Å²) in [5.74, 6) is -0.370. The molecule has 82 valence electrons. The summed E-state index contributed by atoms with van der Waals surface area (Å²) in [6, 6.07) is 3.42. The number of hydrogen-bond acceptors (Lipinski definition) is 1. The van der Waals surface area contributed by atoms with E-state index < -0.39 is 11.6 Å². The van der Waals surface area contributed by atoms with Gasteiger partial charge in [0.15, 0.2) is 0 Å². The Bertz CT molecular complexity index is 339. The van der Waals surface area contributed by atoms with E-state index in [0.29, 0.717) is 24.5 Å². The summed E-state index contributed by atoms with van der Waals surface area (Å²) in [5.41, 5.74) is 0.328. The second kappa shape index (κ2) is 6.53. The molecule has 0 bridgehead atoms. The Morgan fingerprint density at radius 1 is 1.27 bits per heavy atom. The highest BCUT2D eigenvalue weighted by atomic mass is 35.5. The molecule has 0 aliphatic carbocycles. The van der Waals surface area contributed by atoms with Crippen LogP contribution in [0.1, 0.15) is 5.56 Å². The third-order valence-electron chi connectivity index (χ3n) is 1.84. The molecular weight excluding hydrogens is 220 g/mol. The van der Waals surface area contributed by atoms with Crippen LogP contribution in [0.15, 0.2) is 30.4 Å². The SMILES string of the molecule is Fc1ccc(F)c(CNC/C=C/CCl)c1. The monoisotopic (exact) mass is 231 g/mol. The molecule has 0 aliphatic rings. The number of allylic oxidation sites excluding steroid dienone is 1. The van der Waals surface area contributed by atoms with Crippen LogP contribution >= 0.6 is 11.6 Å². The van der Waals surface area contributed by atoms with Crippen LogP contribution in [0.2, 0.25) is 0 Å². The highest BCUT2D eigenvalue weighted by molar-refractivity contribution is 6.18. The number of benzene rings is 1. The fraction of sp³-hybridized carbons (Fsp3) is 0.273. The zero-order chi connectivity index (χ0) is 11.1. The third-order valence-corrected chi connectivity index (χ3v) is 2.02. The lowest BCUT2D eigenvalue weighted by atomic mass is 10.2. The summed E-state index contributed by atoms with van der Waals surface area (Å²) in [4.78, 5) is 0. The van der Waals surface area contributed by atoms with Gasteiger partial charge >= 0.3 is 0 Å². The summed E-state index contributed by atoms with van der Waals surface area (Å²) in [6.45, 7) is 0.888. The van der Waals surface area contributed by atoms with Crippen molar-refractivity contribution in [1.82, 2.24) is 5.32 Å². The molecule has 1 nitrogen and oxygen atoms in total. The fourth-order valence-corrected chi connectivity index (χ4v) is 1.24. The predicted molar refractivity (Wildman–Crippen MR) is 57.9 cm³/mol. The van der Waals surface area contributed by atoms with E-state index in [0.717, 1.165) is 12.1 Å². The maximum absolute atomic E-state index is 13.1. The van der Waals surface area contributed by atoms with Crippen LogP contribution < -0.4 is 5.32 Å². The summed E-state index contributed by atoms with van der Waals surface area (Å²) >= 11 is 5.42. The zero-order valence-corrected chi connectivity index (χ0v) is 8.90. The first-order chi connectivity index (χ1) is 7.24. The highest BCUT2D eigenvalue weighted by Crippen LogP contribution is 2.08. The second-order valence-corrected chi connectivity index (χ2v) is 3.30. The van der Waals surface area contributed by atoms with Crippen molar-refractivity contribution in [2.45, 2.75) is 6.54 Å². The molecule has 0 saturated carbocycles. The smallest absolute Gasteiger partial charge is 0.127 e. The van der Waals surface area contributed by atoms with Crippen LogP contribution in [-0.2, 0) is 6.54 Å². The Balaban J connectivity index is 2.43. The normalized spacial score (nSPS) is 11.1. The molecule has 0 amide bonds. The van der Waals surface area contributed by atoms with Gasteiger partial charge in [-0.3, -0.25) is 0 Å². The highest BCUT2D eigenvalue weighted by Gasteiger charge is 2.02. The van der Waals surface area contributed by atoms with E-state index >= 15 is 0 Å². The average Bonchev–Trinajstić information content (AvgIpc) is 2.23. The molecule has 15 heavy (non-hydrogen) atoms. The van der Waals surface area contributed by atoms with Gasteiger partial charge in [0.1, 0.15) is 11.6 Å². The van der Waals surface area contributed by atoms with E-state index in [9.17, 15) is 8.78 Å². The van der Waals surface area contributed by atoms with Crippen LogP contribution in [0.25, 0.3) is 0 Å². The van der Waals surface area contributed by atoms with Crippen LogP contribution in [0.3, 0.4) is 0 Å². The summed E-state index contributed by atoms with van der Waals surface area (Å²) < 4.78 is 25.9. The molecule has 4 heteroatoms. The number of nitrogens with one attached hydrogen (secondary N) is 1. The number of rotatable bonds is 5. The Labute approximate surface area is 92.8 Å². The van der Waals surface area contributed by atoms with Gasteiger partial charge in [0.05, 0.1) is 0 Å². The standard InChI is InChI=1S/C11H12ClF2N/c12-5-1-2-6-15-8-9-7-10(13)3-4-11(9)14/h1-4,7,15H,5-6,8H2/b2-1+. The van der Waals surface area contributed by atoms with Crippen LogP contribution in [0.5, 0.6) is 0 Å². The molecule has 1 N–H and O–H groups in total. The van der Waals surface area contributed by atoms with Gasteiger partial charge in [0, 0.05) is 24.5 Å². The molecule has 0 radical (unpaired) electrons. The molecule has 0 fully saturated rings. The van der Waals surface area contributed by atoms with E-state index in [4.69, 9.17) is 11.6 Å². The van der Waals surface area contributed by atoms with Crippen molar-refractivity contribution in [3.05, 3.63) is 47.5 Å². The summed E-state index contributed by atoms with van der Waals surface area (Å²) in [6.07, 6.45) is 3.63. The fourth-order valence-electron chi connectivity index (χ4n) is 1.12. The quantitative estimate of drug-likeness (QED) is 0.467. The van der Waals surface area contributed by atoms with Crippen molar-refractivity contribution in [1.29, 1.82) is 0 Å². The van der Waals surface area contributed by atoms with Crippen molar-refractivity contribution >= 4 is 11.6 Å². The van der Waals surface area contributed by atoms with Gasteiger partial charge in [-0.25, -0.2) is 8.78 Å². The lowest BCUT2D eigenvalue weighted by Crippen LogP contribution is -2.14. The Kier molecular flexibility index (Phi) is 5.29. The lowest BCUT2D eigenvalue weighted by molar-refractivity contribution is 0.575. The molecule has 0 saturated heterocycles. The molecule has 1 aromatic rings. The van der Waals surface area contributed by atoms with Gasteiger partial charge in [0.2, 0.25) is 0 Å². The maximum atomic E-state index is 13.1. The molecule has 0 aliphatic heterocycles. The molecule has 0 aromatic heterocycles. The second-order valence-electron chi connectivity index (χ2n) is 2.99. The summed E-state index contributed by atoms with van der Waals surface area (Å²) in [5, 5.41) is 2.95. The average molecular weight is 232 g/mol. The van der Waals surface area contributed by atoms with Gasteiger partial charge < -0.3 is 5.32 Å². The molecule has 1 rings (SSSR count). The maximum Gasteiger partial charge on any atom is 0.127 e. The molecule has 0 unspecified atom stereocenters. The largest absolute Gasteiger partial charge is 0.309 e. The number of halogens is 3. The van der Waals surface area contributed by atoms with Gasteiger partial charge in [-0.2, -0.15) is 0 Å². The van der Waals surface area contributed by atoms with E-state index in [1.165, 1.54) is 6.07 Å². The third kappa shape index (κ3) is 4.40. The summed E-state index contributed by atoms with van der Waals surface area (Å²) in [7, 11) is 0. The van der Waals surface area contributed by atoms with Crippen molar-refractivity contribution < 1.29 is 8.78 Å². The van der Waals surface area contributed by atoms with Crippen molar-refractivity contribution in [2.75, 3.05) is 12.4 Å². The van der Waals surface area contributed by atoms with Crippen molar-refractivity contribution in [2.24, 2.45) is 0 Å². The Morgan fingerprint density at radius 3 is 2.80 bits per heavy atom. The van der Waals surface area contributed by atoms with Gasteiger partial charge in [-0.1, -0.05) is 12.2 Å². The van der Waals surface area contributed by atoms with E-state index in [1.807, 2.05) is 6.08 Å². The van der Waals surface area contributed by atoms with Gasteiger partial charge in [-0.05, 0) is 18.2 Å². The first kappa shape index (κ1) is 12.1. The molecule has 0 spiro atoms. The van der Waals surface area contributed by atoms with E-state index in [-0.39, 0.29) is 0 Å². The minimum absolute atomic E-state index is 0.302. The van der Waals surface area contributed by atoms with E-state index in [2.05, 4.69) is 5.32 Å². The molecule has 1 aromatic carbocycles. The predicted octanol–water partition coefficient (Wildman–Crippen LogP) is 2.85. The van der Waals surface area contributed by atoms with Crippen LogP contribution in [0.4, 0.5) is 8.78 Å². The van der Waals surface area contributed by atoms with Crippen LogP contribution in [-0.4, -0.2) is 12.4 Å². The van der Waals surface area contributed by atoms with Crippen LogP contribution in [0, 0.1) is 11.6 Å². The first-order valence-corrected chi connectivity index (χ1v) is 5.13. The van der Waals surface area contributed by atoms with Crippen molar-refractivity contribution in [3.8, 4) is 0 Å². The molecular formula is C11H12ClF2N. The number of alkyl halides is 1. The molecule has 0 atom stereocenters. The minimum Gasteiger partial charge on any atom is -0.309 e. The van der Waals surface area contributed by atoms with Crippen molar-refractivity contribution in [3.63, 3.8) is 0 Å². The topological polar surface area (TPSA) is 12.0 Å². The van der Waals surface area contributed by atoms with Gasteiger partial charge in [-0.15, -0.1) is 11.6 Å².